The highest BCUT2D eigenvalue weighted by molar-refractivity contribution is 5.71. The average Bonchev–Trinajstić information content (AvgIpc) is 2.12. The molecule has 1 N–H and O–H groups in total. The van der Waals surface area contributed by atoms with Gasteiger partial charge < -0.3 is 9.47 Å². The van der Waals surface area contributed by atoms with Gasteiger partial charge >= 0.3 is 12.1 Å². The summed E-state index contributed by atoms with van der Waals surface area (Å²) in [6, 6.07) is 0. The number of esters is 1. The van der Waals surface area contributed by atoms with Crippen LogP contribution in [0.15, 0.2) is 0 Å². The van der Waals surface area contributed by atoms with E-state index < -0.39 is 25.2 Å². The predicted molar refractivity (Wildman–Crippen MR) is 58.0 cm³/mol. The van der Waals surface area contributed by atoms with E-state index in [1.54, 1.807) is 0 Å². The predicted octanol–water partition coefficient (Wildman–Crippen LogP) is 1.64. The molecule has 0 spiro atoms. The highest BCUT2D eigenvalue weighted by Crippen LogP contribution is 2.21. The molecule has 1 aliphatic heterocycles. The number of hydrogen-bond donors (Lipinski definition) is 1. The molecule has 4 nitrogen and oxygen atoms in total. The van der Waals surface area contributed by atoms with E-state index in [4.69, 9.17) is 9.47 Å². The Morgan fingerprint density at radius 3 is 2.39 bits per heavy atom. The van der Waals surface area contributed by atoms with Gasteiger partial charge in [-0.05, 0) is 13.8 Å². The van der Waals surface area contributed by atoms with Crippen LogP contribution in [0.4, 0.5) is 13.2 Å². The molecule has 1 aliphatic rings. The van der Waals surface area contributed by atoms with E-state index in [1.165, 1.54) is 0 Å². The van der Waals surface area contributed by atoms with Crippen LogP contribution in [-0.4, -0.2) is 43.5 Å². The normalized spacial score (nSPS) is 29.1. The molecule has 1 heterocycles. The van der Waals surface area contributed by atoms with Crippen LogP contribution in [0.1, 0.15) is 26.7 Å². The van der Waals surface area contributed by atoms with E-state index in [0.29, 0.717) is 12.8 Å². The number of halogens is 3. The molecule has 2 unspecified atom stereocenters. The fourth-order valence-corrected chi connectivity index (χ4v) is 1.97. The van der Waals surface area contributed by atoms with Crippen LogP contribution in [0.5, 0.6) is 0 Å². The van der Waals surface area contributed by atoms with Crippen LogP contribution in [0, 0.1) is 0 Å². The largest absolute Gasteiger partial charge is 0.461 e. The van der Waals surface area contributed by atoms with Gasteiger partial charge in [-0.3, -0.25) is 10.1 Å². The molecule has 0 radical (unpaired) electrons. The van der Waals surface area contributed by atoms with E-state index in [0.717, 1.165) is 0 Å². The van der Waals surface area contributed by atoms with E-state index in [1.807, 2.05) is 19.2 Å². The van der Waals surface area contributed by atoms with Gasteiger partial charge in [-0.25, -0.2) is 0 Å². The molecule has 7 heteroatoms. The number of hydrogen-bond acceptors (Lipinski definition) is 4. The fourth-order valence-electron chi connectivity index (χ4n) is 1.97. The molecule has 18 heavy (non-hydrogen) atoms. The van der Waals surface area contributed by atoms with Crippen molar-refractivity contribution in [2.24, 2.45) is 0 Å². The molecule has 1 rings (SSSR count). The van der Waals surface area contributed by atoms with Crippen molar-refractivity contribution in [3.8, 4) is 0 Å². The van der Waals surface area contributed by atoms with E-state index in [-0.39, 0.29) is 18.3 Å². The summed E-state index contributed by atoms with van der Waals surface area (Å²) < 4.78 is 46.1. The van der Waals surface area contributed by atoms with Gasteiger partial charge in [0, 0.05) is 12.8 Å². The summed E-state index contributed by atoms with van der Waals surface area (Å²) in [4.78, 5) is 11.3. The minimum absolute atomic E-state index is 0.00492. The summed E-state index contributed by atoms with van der Waals surface area (Å²) in [6.45, 7) is 2.12. The lowest BCUT2D eigenvalue weighted by atomic mass is 10.0. The standard InChI is InChI=1S/C11H18F3NO3/c1-7-3-9(4-8(2)17-7)18-10(16)5-15-6-11(12,13)14/h7-9,15H,3-6H2,1-2H3. The van der Waals surface area contributed by atoms with Gasteiger partial charge in [-0.1, -0.05) is 0 Å². The second-order valence-electron chi connectivity index (χ2n) is 4.56. The van der Waals surface area contributed by atoms with Gasteiger partial charge in [0.15, 0.2) is 0 Å². The molecule has 2 atom stereocenters. The Labute approximate surface area is 104 Å². The third-order valence-electron chi connectivity index (χ3n) is 2.55. The molecular weight excluding hydrogens is 251 g/mol. The highest BCUT2D eigenvalue weighted by Gasteiger charge is 2.29. The SMILES string of the molecule is CC1CC(OC(=O)CNCC(F)(F)F)CC(C)O1. The Bertz CT molecular complexity index is 273. The second-order valence-corrected chi connectivity index (χ2v) is 4.56. The minimum Gasteiger partial charge on any atom is -0.461 e. The molecule has 0 aliphatic carbocycles. The van der Waals surface area contributed by atoms with Crippen LogP contribution in [0.3, 0.4) is 0 Å². The van der Waals surface area contributed by atoms with Crippen molar-refractivity contribution in [3.05, 3.63) is 0 Å². The number of nitrogens with one attached hydrogen (secondary N) is 1. The zero-order valence-electron chi connectivity index (χ0n) is 10.4. The minimum atomic E-state index is -4.32. The summed E-state index contributed by atoms with van der Waals surface area (Å²) in [6.07, 6.45) is -3.44. The van der Waals surface area contributed by atoms with Gasteiger partial charge in [0.2, 0.25) is 0 Å². The first-order valence-electron chi connectivity index (χ1n) is 5.88. The van der Waals surface area contributed by atoms with Gasteiger partial charge in [0.1, 0.15) is 6.10 Å². The maximum Gasteiger partial charge on any atom is 0.401 e. The third kappa shape index (κ3) is 6.20. The molecule has 0 aromatic rings. The first-order valence-corrected chi connectivity index (χ1v) is 5.88. The zero-order valence-corrected chi connectivity index (χ0v) is 10.4. The summed E-state index contributed by atoms with van der Waals surface area (Å²) in [5, 5.41) is 2.01. The molecule has 0 bridgehead atoms. The van der Waals surface area contributed by atoms with Crippen molar-refractivity contribution in [1.82, 2.24) is 5.32 Å². The van der Waals surface area contributed by atoms with Gasteiger partial charge in [0.25, 0.3) is 0 Å². The van der Waals surface area contributed by atoms with Gasteiger partial charge in [0.05, 0.1) is 25.3 Å². The maximum absolute atomic E-state index is 11.8. The van der Waals surface area contributed by atoms with Crippen LogP contribution >= 0.6 is 0 Å². The third-order valence-corrected chi connectivity index (χ3v) is 2.55. The number of ether oxygens (including phenoxy) is 2. The first kappa shape index (κ1) is 15.2. The van der Waals surface area contributed by atoms with Crippen molar-refractivity contribution >= 4 is 5.97 Å². The first-order chi connectivity index (χ1) is 8.26. The maximum atomic E-state index is 11.8. The average molecular weight is 269 g/mol. The Hall–Kier alpha value is -0.820. The molecule has 0 aromatic heterocycles. The number of carbonyl (C=O) groups is 1. The van der Waals surface area contributed by atoms with Gasteiger partial charge in [-0.2, -0.15) is 13.2 Å². The summed E-state index contributed by atoms with van der Waals surface area (Å²) in [7, 11) is 0. The van der Waals surface area contributed by atoms with Crippen LogP contribution in [0.2, 0.25) is 0 Å². The molecular formula is C11H18F3NO3. The Morgan fingerprint density at radius 1 is 1.33 bits per heavy atom. The number of carbonyl (C=O) groups excluding carboxylic acids is 1. The van der Waals surface area contributed by atoms with Crippen molar-refractivity contribution in [1.29, 1.82) is 0 Å². The second kappa shape index (κ2) is 6.38. The summed E-state index contributed by atoms with van der Waals surface area (Å²) in [5.74, 6) is -0.662. The molecule has 106 valence electrons. The van der Waals surface area contributed by atoms with E-state index >= 15 is 0 Å². The monoisotopic (exact) mass is 269 g/mol. The molecule has 0 amide bonds. The van der Waals surface area contributed by atoms with E-state index in [2.05, 4.69) is 0 Å². The topological polar surface area (TPSA) is 47.6 Å². The van der Waals surface area contributed by atoms with Crippen LogP contribution < -0.4 is 5.32 Å². The van der Waals surface area contributed by atoms with Crippen LogP contribution in [0.25, 0.3) is 0 Å². The lowest BCUT2D eigenvalue weighted by Gasteiger charge is -2.31. The lowest BCUT2D eigenvalue weighted by molar-refractivity contribution is -0.159. The Morgan fingerprint density at radius 2 is 1.89 bits per heavy atom. The Balaban J connectivity index is 2.23. The Kier molecular flexibility index (Phi) is 5.40. The molecule has 0 saturated carbocycles. The quantitative estimate of drug-likeness (QED) is 0.788. The van der Waals surface area contributed by atoms with Crippen molar-refractivity contribution < 1.29 is 27.4 Å². The number of alkyl halides is 3. The van der Waals surface area contributed by atoms with Crippen molar-refractivity contribution in [2.45, 2.75) is 51.2 Å². The fraction of sp³-hybridized carbons (Fsp3) is 0.909. The highest BCUT2D eigenvalue weighted by atomic mass is 19.4. The molecule has 1 saturated heterocycles. The summed E-state index contributed by atoms with van der Waals surface area (Å²) >= 11 is 0. The molecule has 1 fully saturated rings. The van der Waals surface area contributed by atoms with E-state index in [9.17, 15) is 18.0 Å². The van der Waals surface area contributed by atoms with Crippen molar-refractivity contribution in [2.75, 3.05) is 13.1 Å². The summed E-state index contributed by atoms with van der Waals surface area (Å²) in [5.41, 5.74) is 0. The van der Waals surface area contributed by atoms with Gasteiger partial charge in [-0.15, -0.1) is 0 Å². The van der Waals surface area contributed by atoms with Crippen LogP contribution in [-0.2, 0) is 14.3 Å². The number of rotatable bonds is 4. The lowest BCUT2D eigenvalue weighted by Crippen LogP contribution is -2.38. The van der Waals surface area contributed by atoms with Crippen molar-refractivity contribution in [3.63, 3.8) is 0 Å². The zero-order chi connectivity index (χ0) is 13.8. The molecule has 0 aromatic carbocycles. The smallest absolute Gasteiger partial charge is 0.401 e.